The van der Waals surface area contributed by atoms with E-state index in [2.05, 4.69) is 25.9 Å². The Kier molecular flexibility index (Phi) is 6.93. The number of carbonyl (C=O) groups excluding carboxylic acids is 1. The normalized spacial score (nSPS) is 10.3. The number of amides is 1. The van der Waals surface area contributed by atoms with Crippen LogP contribution in [0.15, 0.2) is 36.5 Å². The maximum Gasteiger partial charge on any atom is 0.229 e. The van der Waals surface area contributed by atoms with Crippen LogP contribution in [0.5, 0.6) is 17.2 Å². The molecule has 0 aliphatic heterocycles. The Labute approximate surface area is 184 Å². The predicted molar refractivity (Wildman–Crippen MR) is 120 cm³/mol. The molecule has 0 saturated carbocycles. The average molecular weight is 441 g/mol. The number of para-hydroxylation sites is 1. The van der Waals surface area contributed by atoms with Crippen molar-refractivity contribution in [3.05, 3.63) is 47.9 Å². The van der Waals surface area contributed by atoms with Gasteiger partial charge in [-0.1, -0.05) is 12.1 Å². The number of hydrogen-bond donors (Lipinski definition) is 3. The molecule has 168 valence electrons. The molecular formula is C22H24FN5O4. The van der Waals surface area contributed by atoms with Crippen molar-refractivity contribution in [3.63, 3.8) is 0 Å². The highest BCUT2D eigenvalue weighted by Crippen LogP contribution is 2.40. The van der Waals surface area contributed by atoms with Gasteiger partial charge in [-0.05, 0) is 18.6 Å². The largest absolute Gasteiger partial charge is 0.493 e. The Morgan fingerprint density at radius 1 is 1.03 bits per heavy atom. The Morgan fingerprint density at radius 2 is 1.72 bits per heavy atom. The molecule has 0 fully saturated rings. The third-order valence-electron chi connectivity index (χ3n) is 4.49. The van der Waals surface area contributed by atoms with Crippen LogP contribution in [0.4, 0.5) is 33.2 Å². The van der Waals surface area contributed by atoms with Crippen molar-refractivity contribution in [2.45, 2.75) is 13.8 Å². The molecule has 3 N–H and O–H groups in total. The van der Waals surface area contributed by atoms with Gasteiger partial charge in [0.15, 0.2) is 23.1 Å². The highest BCUT2D eigenvalue weighted by atomic mass is 19.1. The van der Waals surface area contributed by atoms with Crippen molar-refractivity contribution in [1.82, 2.24) is 9.97 Å². The quantitative estimate of drug-likeness (QED) is 0.472. The lowest BCUT2D eigenvalue weighted by atomic mass is 10.1. The van der Waals surface area contributed by atoms with Gasteiger partial charge in [0.1, 0.15) is 0 Å². The van der Waals surface area contributed by atoms with E-state index >= 15 is 0 Å². The van der Waals surface area contributed by atoms with Gasteiger partial charge in [0, 0.05) is 24.7 Å². The number of nitrogens with zero attached hydrogens (tertiary/aromatic N) is 2. The molecule has 2 aromatic carbocycles. The van der Waals surface area contributed by atoms with E-state index in [0.717, 1.165) is 11.8 Å². The maximum atomic E-state index is 14.5. The standard InChI is InChI=1S/C22H24FN5O4/c1-12-7-6-8-16(19(12)25-13(2)29)27-21-15(23)11-24-22(28-21)26-14-9-17(30-3)20(32-5)18(10-14)31-4/h6-11H,1-5H3,(H,25,29)(H2,24,26,27,28). The molecule has 0 aliphatic carbocycles. The topological polar surface area (TPSA) is 107 Å². The lowest BCUT2D eigenvalue weighted by molar-refractivity contribution is -0.114. The van der Waals surface area contributed by atoms with E-state index < -0.39 is 5.82 Å². The minimum absolute atomic E-state index is 0.0628. The van der Waals surface area contributed by atoms with Crippen LogP contribution in [-0.4, -0.2) is 37.2 Å². The van der Waals surface area contributed by atoms with Gasteiger partial charge >= 0.3 is 0 Å². The Hall–Kier alpha value is -4.08. The minimum atomic E-state index is -0.657. The number of ether oxygens (including phenoxy) is 3. The predicted octanol–water partition coefficient (Wildman–Crippen LogP) is 4.40. The van der Waals surface area contributed by atoms with Crippen LogP contribution in [-0.2, 0) is 4.79 Å². The van der Waals surface area contributed by atoms with Crippen molar-refractivity contribution in [2.24, 2.45) is 0 Å². The number of aryl methyl sites for hydroxylation is 1. The molecule has 3 rings (SSSR count). The third-order valence-corrected chi connectivity index (χ3v) is 4.49. The van der Waals surface area contributed by atoms with Crippen molar-refractivity contribution in [2.75, 3.05) is 37.3 Å². The zero-order chi connectivity index (χ0) is 23.3. The van der Waals surface area contributed by atoms with Gasteiger partial charge in [-0.3, -0.25) is 4.79 Å². The number of anilines is 5. The van der Waals surface area contributed by atoms with Crippen LogP contribution >= 0.6 is 0 Å². The first-order valence-corrected chi connectivity index (χ1v) is 9.60. The van der Waals surface area contributed by atoms with Crippen molar-refractivity contribution in [3.8, 4) is 17.2 Å². The van der Waals surface area contributed by atoms with Crippen LogP contribution < -0.4 is 30.2 Å². The molecule has 0 unspecified atom stereocenters. The summed E-state index contributed by atoms with van der Waals surface area (Å²) >= 11 is 0. The molecule has 0 spiro atoms. The van der Waals surface area contributed by atoms with Gasteiger partial charge in [0.25, 0.3) is 0 Å². The Bertz CT molecular complexity index is 1110. The Morgan fingerprint density at radius 3 is 2.31 bits per heavy atom. The lowest BCUT2D eigenvalue weighted by Crippen LogP contribution is -2.10. The van der Waals surface area contributed by atoms with E-state index in [1.165, 1.54) is 28.3 Å². The van der Waals surface area contributed by atoms with E-state index in [0.29, 0.717) is 34.3 Å². The number of nitrogens with one attached hydrogen (secondary N) is 3. The van der Waals surface area contributed by atoms with Gasteiger partial charge in [0.05, 0.1) is 38.9 Å². The molecule has 9 nitrogen and oxygen atoms in total. The molecule has 0 aliphatic rings. The summed E-state index contributed by atoms with van der Waals surface area (Å²) in [7, 11) is 4.52. The zero-order valence-corrected chi connectivity index (χ0v) is 18.4. The second-order valence-electron chi connectivity index (χ2n) is 6.73. The van der Waals surface area contributed by atoms with Crippen LogP contribution in [0, 0.1) is 12.7 Å². The van der Waals surface area contributed by atoms with Crippen LogP contribution in [0.2, 0.25) is 0 Å². The summed E-state index contributed by atoms with van der Waals surface area (Å²) in [5, 5.41) is 8.68. The van der Waals surface area contributed by atoms with Crippen molar-refractivity contribution in [1.29, 1.82) is 0 Å². The SMILES string of the molecule is COc1cc(Nc2ncc(F)c(Nc3cccc(C)c3NC(C)=O)n2)cc(OC)c1OC. The summed E-state index contributed by atoms with van der Waals surface area (Å²) in [6.07, 6.45) is 1.05. The molecule has 1 amide bonds. The van der Waals surface area contributed by atoms with E-state index in [-0.39, 0.29) is 17.7 Å². The summed E-state index contributed by atoms with van der Waals surface area (Å²) in [6.45, 7) is 3.24. The Balaban J connectivity index is 1.93. The minimum Gasteiger partial charge on any atom is -0.493 e. The monoisotopic (exact) mass is 441 g/mol. The smallest absolute Gasteiger partial charge is 0.229 e. The molecule has 32 heavy (non-hydrogen) atoms. The first kappa shape index (κ1) is 22.6. The van der Waals surface area contributed by atoms with Crippen LogP contribution in [0.25, 0.3) is 0 Å². The molecule has 0 saturated heterocycles. The molecule has 0 radical (unpaired) electrons. The van der Waals surface area contributed by atoms with Crippen molar-refractivity contribution >= 4 is 34.7 Å². The summed E-state index contributed by atoms with van der Waals surface area (Å²) in [4.78, 5) is 19.8. The first-order chi connectivity index (χ1) is 15.4. The van der Waals surface area contributed by atoms with Gasteiger partial charge < -0.3 is 30.2 Å². The lowest BCUT2D eigenvalue weighted by Gasteiger charge is -2.16. The summed E-state index contributed by atoms with van der Waals surface area (Å²) in [5.74, 6) is 0.493. The molecular weight excluding hydrogens is 417 g/mol. The van der Waals surface area contributed by atoms with Crippen molar-refractivity contribution < 1.29 is 23.4 Å². The number of carbonyl (C=O) groups is 1. The average Bonchev–Trinajstić information content (AvgIpc) is 2.77. The fourth-order valence-corrected chi connectivity index (χ4v) is 3.04. The van der Waals surface area contributed by atoms with E-state index in [1.54, 1.807) is 24.3 Å². The number of halogens is 1. The maximum absolute atomic E-state index is 14.5. The number of methoxy groups -OCH3 is 3. The molecule has 3 aromatic rings. The molecule has 1 aromatic heterocycles. The molecule has 0 bridgehead atoms. The number of hydrogen-bond acceptors (Lipinski definition) is 8. The second-order valence-corrected chi connectivity index (χ2v) is 6.73. The summed E-state index contributed by atoms with van der Waals surface area (Å²) < 4.78 is 30.5. The fraction of sp³-hybridized carbons (Fsp3) is 0.227. The van der Waals surface area contributed by atoms with Gasteiger partial charge in [-0.15, -0.1) is 0 Å². The number of aromatic nitrogens is 2. The zero-order valence-electron chi connectivity index (χ0n) is 18.4. The van der Waals surface area contributed by atoms with Gasteiger partial charge in [-0.25, -0.2) is 9.37 Å². The summed E-state index contributed by atoms with van der Waals surface area (Å²) in [6, 6.07) is 8.70. The third kappa shape index (κ3) is 4.97. The summed E-state index contributed by atoms with van der Waals surface area (Å²) in [5.41, 5.74) is 2.40. The fourth-order valence-electron chi connectivity index (χ4n) is 3.04. The molecule has 1 heterocycles. The highest BCUT2D eigenvalue weighted by molar-refractivity contribution is 5.94. The number of rotatable bonds is 8. The second kappa shape index (κ2) is 9.82. The van der Waals surface area contributed by atoms with E-state index in [1.807, 2.05) is 13.0 Å². The number of benzene rings is 2. The van der Waals surface area contributed by atoms with E-state index in [4.69, 9.17) is 14.2 Å². The van der Waals surface area contributed by atoms with Crippen LogP contribution in [0.3, 0.4) is 0 Å². The highest BCUT2D eigenvalue weighted by Gasteiger charge is 2.16. The van der Waals surface area contributed by atoms with E-state index in [9.17, 15) is 9.18 Å². The molecule has 0 atom stereocenters. The first-order valence-electron chi connectivity index (χ1n) is 9.60. The van der Waals surface area contributed by atoms with Crippen LogP contribution in [0.1, 0.15) is 12.5 Å². The van der Waals surface area contributed by atoms with Gasteiger partial charge in [0.2, 0.25) is 17.6 Å². The molecule has 10 heteroatoms. The van der Waals surface area contributed by atoms with Gasteiger partial charge in [-0.2, -0.15) is 4.98 Å².